The molecule has 21 heavy (non-hydrogen) atoms. The van der Waals surface area contributed by atoms with Crippen LogP contribution in [0, 0.1) is 0 Å². The van der Waals surface area contributed by atoms with Crippen molar-refractivity contribution in [2.75, 3.05) is 6.54 Å². The van der Waals surface area contributed by atoms with Crippen molar-refractivity contribution in [3.8, 4) is 0 Å². The lowest BCUT2D eigenvalue weighted by atomic mass is 9.98. The van der Waals surface area contributed by atoms with Gasteiger partial charge in [0.25, 0.3) is 0 Å². The van der Waals surface area contributed by atoms with Crippen molar-refractivity contribution in [2.24, 2.45) is 0 Å². The van der Waals surface area contributed by atoms with E-state index in [2.05, 4.69) is 79.8 Å². The molecule has 0 heterocycles. The van der Waals surface area contributed by atoms with Crippen LogP contribution in [0.4, 0.5) is 0 Å². The molecule has 0 bridgehead atoms. The second-order valence-electron chi connectivity index (χ2n) is 5.83. The first-order valence-corrected chi connectivity index (χ1v) is 8.14. The molecule has 2 unspecified atom stereocenters. The number of hydrogen-bond acceptors (Lipinski definition) is 1. The Morgan fingerprint density at radius 2 is 1.43 bits per heavy atom. The average molecular weight is 281 g/mol. The van der Waals surface area contributed by atoms with Gasteiger partial charge in [-0.1, -0.05) is 87.4 Å². The van der Waals surface area contributed by atoms with Crippen molar-refractivity contribution in [3.63, 3.8) is 0 Å². The van der Waals surface area contributed by atoms with Crippen molar-refractivity contribution in [1.29, 1.82) is 0 Å². The maximum Gasteiger partial charge on any atom is 0.0320 e. The molecule has 0 saturated heterocycles. The molecular formula is C20H27N. The second kappa shape index (κ2) is 8.63. The summed E-state index contributed by atoms with van der Waals surface area (Å²) >= 11 is 0. The predicted molar refractivity (Wildman–Crippen MR) is 91.6 cm³/mol. The summed E-state index contributed by atoms with van der Waals surface area (Å²) in [6.45, 7) is 5.58. The molecule has 112 valence electrons. The van der Waals surface area contributed by atoms with E-state index in [1.807, 2.05) is 0 Å². The normalized spacial score (nSPS) is 13.8. The zero-order valence-corrected chi connectivity index (χ0v) is 13.3. The van der Waals surface area contributed by atoms with Gasteiger partial charge in [0.05, 0.1) is 0 Å². The number of rotatable bonds is 8. The van der Waals surface area contributed by atoms with Gasteiger partial charge in [-0.15, -0.1) is 0 Å². The molecule has 1 heteroatoms. The molecule has 2 aromatic rings. The Balaban J connectivity index is 1.96. The lowest BCUT2D eigenvalue weighted by Crippen LogP contribution is -2.25. The Kier molecular flexibility index (Phi) is 6.49. The lowest BCUT2D eigenvalue weighted by molar-refractivity contribution is 0.465. The molecule has 0 fully saturated rings. The molecule has 2 atom stereocenters. The third-order valence-corrected chi connectivity index (χ3v) is 4.09. The van der Waals surface area contributed by atoms with Crippen LogP contribution in [-0.4, -0.2) is 6.54 Å². The van der Waals surface area contributed by atoms with E-state index in [0.717, 1.165) is 6.54 Å². The topological polar surface area (TPSA) is 12.0 Å². The summed E-state index contributed by atoms with van der Waals surface area (Å²) in [6.07, 6.45) is 3.73. The van der Waals surface area contributed by atoms with Gasteiger partial charge in [0.1, 0.15) is 0 Å². The molecule has 2 rings (SSSR count). The SMILES string of the molecule is CCCCC(NCC(C)c1ccccc1)c1ccccc1. The first-order chi connectivity index (χ1) is 10.3. The molecular weight excluding hydrogens is 254 g/mol. The molecule has 2 aromatic carbocycles. The van der Waals surface area contributed by atoms with E-state index < -0.39 is 0 Å². The lowest BCUT2D eigenvalue weighted by Gasteiger charge is -2.22. The van der Waals surface area contributed by atoms with E-state index in [9.17, 15) is 0 Å². The van der Waals surface area contributed by atoms with Crippen LogP contribution in [0.15, 0.2) is 60.7 Å². The second-order valence-corrected chi connectivity index (χ2v) is 5.83. The van der Waals surface area contributed by atoms with E-state index in [1.54, 1.807) is 0 Å². The fourth-order valence-electron chi connectivity index (χ4n) is 2.70. The van der Waals surface area contributed by atoms with Crippen LogP contribution >= 0.6 is 0 Å². The highest BCUT2D eigenvalue weighted by atomic mass is 14.9. The van der Waals surface area contributed by atoms with Gasteiger partial charge in [-0.3, -0.25) is 0 Å². The molecule has 0 aliphatic carbocycles. The summed E-state index contributed by atoms with van der Waals surface area (Å²) < 4.78 is 0. The van der Waals surface area contributed by atoms with Crippen LogP contribution in [0.2, 0.25) is 0 Å². The van der Waals surface area contributed by atoms with Gasteiger partial charge in [0.2, 0.25) is 0 Å². The molecule has 0 radical (unpaired) electrons. The van der Waals surface area contributed by atoms with Crippen molar-refractivity contribution < 1.29 is 0 Å². The van der Waals surface area contributed by atoms with E-state index in [4.69, 9.17) is 0 Å². The first-order valence-electron chi connectivity index (χ1n) is 8.14. The maximum atomic E-state index is 3.77. The molecule has 0 spiro atoms. The van der Waals surface area contributed by atoms with Crippen LogP contribution in [0.5, 0.6) is 0 Å². The Hall–Kier alpha value is -1.60. The number of hydrogen-bond donors (Lipinski definition) is 1. The molecule has 0 saturated carbocycles. The number of benzene rings is 2. The standard InChI is InChI=1S/C20H27N/c1-3-4-15-20(19-13-9-6-10-14-19)21-16-17(2)18-11-7-5-8-12-18/h5-14,17,20-21H,3-4,15-16H2,1-2H3. The van der Waals surface area contributed by atoms with Crippen LogP contribution in [0.25, 0.3) is 0 Å². The van der Waals surface area contributed by atoms with Gasteiger partial charge < -0.3 is 5.32 Å². The summed E-state index contributed by atoms with van der Waals surface area (Å²) in [5, 5.41) is 3.77. The molecule has 1 nitrogen and oxygen atoms in total. The first kappa shape index (κ1) is 15.8. The van der Waals surface area contributed by atoms with Crippen LogP contribution in [-0.2, 0) is 0 Å². The minimum Gasteiger partial charge on any atom is -0.309 e. The summed E-state index contributed by atoms with van der Waals surface area (Å²) in [7, 11) is 0. The zero-order chi connectivity index (χ0) is 14.9. The van der Waals surface area contributed by atoms with Crippen molar-refractivity contribution in [2.45, 2.75) is 45.1 Å². The monoisotopic (exact) mass is 281 g/mol. The number of unbranched alkanes of at least 4 members (excludes halogenated alkanes) is 1. The largest absolute Gasteiger partial charge is 0.309 e. The summed E-state index contributed by atoms with van der Waals surface area (Å²) in [5.41, 5.74) is 2.82. The Bertz CT molecular complexity index is 492. The van der Waals surface area contributed by atoms with Crippen molar-refractivity contribution in [3.05, 3.63) is 71.8 Å². The minimum absolute atomic E-state index is 0.470. The van der Waals surface area contributed by atoms with Gasteiger partial charge in [-0.2, -0.15) is 0 Å². The minimum atomic E-state index is 0.470. The third-order valence-electron chi connectivity index (χ3n) is 4.09. The summed E-state index contributed by atoms with van der Waals surface area (Å²) in [4.78, 5) is 0. The highest BCUT2D eigenvalue weighted by Crippen LogP contribution is 2.21. The van der Waals surface area contributed by atoms with E-state index in [-0.39, 0.29) is 0 Å². The van der Waals surface area contributed by atoms with Gasteiger partial charge >= 0.3 is 0 Å². The molecule has 0 amide bonds. The van der Waals surface area contributed by atoms with E-state index in [0.29, 0.717) is 12.0 Å². The van der Waals surface area contributed by atoms with Crippen molar-refractivity contribution >= 4 is 0 Å². The molecule has 0 aliphatic rings. The van der Waals surface area contributed by atoms with E-state index in [1.165, 1.54) is 30.4 Å². The summed E-state index contributed by atoms with van der Waals surface area (Å²) in [6, 6.07) is 22.1. The third kappa shape index (κ3) is 5.02. The van der Waals surface area contributed by atoms with Gasteiger partial charge in [0.15, 0.2) is 0 Å². The molecule has 0 aliphatic heterocycles. The van der Waals surface area contributed by atoms with Gasteiger partial charge in [-0.25, -0.2) is 0 Å². The van der Waals surface area contributed by atoms with Crippen LogP contribution < -0.4 is 5.32 Å². The fourth-order valence-corrected chi connectivity index (χ4v) is 2.70. The zero-order valence-electron chi connectivity index (χ0n) is 13.3. The fraction of sp³-hybridized carbons (Fsp3) is 0.400. The quantitative estimate of drug-likeness (QED) is 0.691. The summed E-state index contributed by atoms with van der Waals surface area (Å²) in [5.74, 6) is 0.541. The molecule has 0 aromatic heterocycles. The Labute approximate surface area is 129 Å². The highest BCUT2D eigenvalue weighted by molar-refractivity contribution is 5.21. The number of nitrogens with one attached hydrogen (secondary N) is 1. The maximum absolute atomic E-state index is 3.77. The highest BCUT2D eigenvalue weighted by Gasteiger charge is 2.12. The predicted octanol–water partition coefficient (Wildman–Crippen LogP) is 5.31. The molecule has 1 N–H and O–H groups in total. The Morgan fingerprint density at radius 1 is 0.857 bits per heavy atom. The van der Waals surface area contributed by atoms with Crippen LogP contribution in [0.3, 0.4) is 0 Å². The van der Waals surface area contributed by atoms with Crippen molar-refractivity contribution in [1.82, 2.24) is 5.32 Å². The van der Waals surface area contributed by atoms with E-state index >= 15 is 0 Å². The van der Waals surface area contributed by atoms with Gasteiger partial charge in [0, 0.05) is 12.6 Å². The Morgan fingerprint density at radius 3 is 2.00 bits per heavy atom. The smallest absolute Gasteiger partial charge is 0.0320 e. The van der Waals surface area contributed by atoms with Gasteiger partial charge in [-0.05, 0) is 23.5 Å². The van der Waals surface area contributed by atoms with Crippen LogP contribution in [0.1, 0.15) is 56.2 Å². The average Bonchev–Trinajstić information content (AvgIpc) is 2.56.